The van der Waals surface area contributed by atoms with Crippen molar-refractivity contribution in [1.29, 1.82) is 0 Å². The van der Waals surface area contributed by atoms with E-state index in [9.17, 15) is 4.79 Å². The van der Waals surface area contributed by atoms with Crippen molar-refractivity contribution in [1.82, 2.24) is 15.5 Å². The molecule has 1 amide bonds. The highest BCUT2D eigenvalue weighted by molar-refractivity contribution is 5.81. The number of nitrogens with zero attached hydrogens (tertiary/aromatic N) is 1. The Kier molecular flexibility index (Phi) is 6.52. The summed E-state index contributed by atoms with van der Waals surface area (Å²) in [6.45, 7) is 7.10. The maximum Gasteiger partial charge on any atom is 0.236 e. The second kappa shape index (κ2) is 7.67. The van der Waals surface area contributed by atoms with Gasteiger partial charge in [-0.05, 0) is 52.7 Å². The lowest BCUT2D eigenvalue weighted by atomic mass is 10.1. The van der Waals surface area contributed by atoms with E-state index in [1.807, 2.05) is 6.92 Å². The quantitative estimate of drug-likeness (QED) is 0.754. The van der Waals surface area contributed by atoms with E-state index in [0.717, 1.165) is 25.9 Å². The highest BCUT2D eigenvalue weighted by atomic mass is 16.2. The summed E-state index contributed by atoms with van der Waals surface area (Å²) < 4.78 is 0. The minimum absolute atomic E-state index is 0.0741. The van der Waals surface area contributed by atoms with Gasteiger partial charge in [-0.15, -0.1) is 0 Å². The Morgan fingerprint density at radius 3 is 2.88 bits per heavy atom. The molecule has 0 aromatic heterocycles. The standard InChI is InChI=1S/C13H27N3O/c1-4-8-14-13(17)11(2)15-12-6-5-9-16(3)10-7-12/h11-12,15H,4-10H2,1-3H3,(H,14,17). The van der Waals surface area contributed by atoms with Crippen LogP contribution in [0.25, 0.3) is 0 Å². The van der Waals surface area contributed by atoms with Crippen LogP contribution in [0.1, 0.15) is 39.5 Å². The van der Waals surface area contributed by atoms with E-state index in [-0.39, 0.29) is 11.9 Å². The van der Waals surface area contributed by atoms with Crippen LogP contribution in [-0.2, 0) is 4.79 Å². The SMILES string of the molecule is CCCNC(=O)C(C)NC1CCCN(C)CC1. The Morgan fingerprint density at radius 1 is 1.41 bits per heavy atom. The van der Waals surface area contributed by atoms with Crippen molar-refractivity contribution < 1.29 is 4.79 Å². The number of carbonyl (C=O) groups is 1. The van der Waals surface area contributed by atoms with Gasteiger partial charge in [-0.25, -0.2) is 0 Å². The summed E-state index contributed by atoms with van der Waals surface area (Å²) in [6, 6.07) is 0.414. The van der Waals surface area contributed by atoms with Crippen LogP contribution in [0.3, 0.4) is 0 Å². The second-order valence-electron chi connectivity index (χ2n) is 5.11. The molecule has 1 heterocycles. The van der Waals surface area contributed by atoms with E-state index in [2.05, 4.69) is 29.5 Å². The van der Waals surface area contributed by atoms with Crippen LogP contribution in [0.4, 0.5) is 0 Å². The summed E-state index contributed by atoms with van der Waals surface area (Å²) in [4.78, 5) is 14.1. The van der Waals surface area contributed by atoms with Crippen molar-refractivity contribution >= 4 is 5.91 Å². The highest BCUT2D eigenvalue weighted by Gasteiger charge is 2.19. The molecule has 0 radical (unpaired) electrons. The third-order valence-electron chi connectivity index (χ3n) is 3.38. The molecule has 4 heteroatoms. The molecule has 2 N–H and O–H groups in total. The van der Waals surface area contributed by atoms with Gasteiger partial charge in [0.05, 0.1) is 6.04 Å². The van der Waals surface area contributed by atoms with Crippen molar-refractivity contribution in [2.75, 3.05) is 26.7 Å². The lowest BCUT2D eigenvalue weighted by Crippen LogP contribution is -2.47. The molecule has 4 nitrogen and oxygen atoms in total. The van der Waals surface area contributed by atoms with Crippen LogP contribution >= 0.6 is 0 Å². The molecule has 1 aliphatic rings. The Hall–Kier alpha value is -0.610. The van der Waals surface area contributed by atoms with E-state index >= 15 is 0 Å². The number of likely N-dealkylation sites (tertiary alicyclic amines) is 1. The van der Waals surface area contributed by atoms with Crippen LogP contribution in [0.15, 0.2) is 0 Å². The van der Waals surface area contributed by atoms with E-state index < -0.39 is 0 Å². The lowest BCUT2D eigenvalue weighted by molar-refractivity contribution is -0.122. The Morgan fingerprint density at radius 2 is 2.18 bits per heavy atom. The van der Waals surface area contributed by atoms with Gasteiger partial charge in [0.15, 0.2) is 0 Å². The van der Waals surface area contributed by atoms with Gasteiger partial charge in [-0.1, -0.05) is 6.92 Å². The number of carbonyl (C=O) groups excluding carboxylic acids is 1. The minimum Gasteiger partial charge on any atom is -0.355 e. The number of hydrogen-bond acceptors (Lipinski definition) is 3. The first-order valence-electron chi connectivity index (χ1n) is 6.85. The summed E-state index contributed by atoms with van der Waals surface area (Å²) in [6.07, 6.45) is 4.53. The van der Waals surface area contributed by atoms with E-state index in [4.69, 9.17) is 0 Å². The van der Waals surface area contributed by atoms with E-state index in [1.54, 1.807) is 0 Å². The lowest BCUT2D eigenvalue weighted by Gasteiger charge is -2.21. The van der Waals surface area contributed by atoms with E-state index in [1.165, 1.54) is 19.4 Å². The van der Waals surface area contributed by atoms with Crippen molar-refractivity contribution in [2.24, 2.45) is 0 Å². The molecular formula is C13H27N3O. The molecule has 0 bridgehead atoms. The summed E-state index contributed by atoms with van der Waals surface area (Å²) in [5.41, 5.74) is 0. The molecule has 0 aromatic rings. The van der Waals surface area contributed by atoms with Crippen molar-refractivity contribution in [3.63, 3.8) is 0 Å². The molecule has 0 saturated carbocycles. The summed E-state index contributed by atoms with van der Waals surface area (Å²) in [5.74, 6) is 0.129. The predicted molar refractivity (Wildman–Crippen MR) is 71.0 cm³/mol. The maximum atomic E-state index is 11.7. The topological polar surface area (TPSA) is 44.4 Å². The highest BCUT2D eigenvalue weighted by Crippen LogP contribution is 2.10. The fourth-order valence-corrected chi connectivity index (χ4v) is 2.24. The molecule has 1 rings (SSSR count). The smallest absolute Gasteiger partial charge is 0.236 e. The van der Waals surface area contributed by atoms with Crippen molar-refractivity contribution in [3.8, 4) is 0 Å². The Balaban J connectivity index is 2.29. The van der Waals surface area contributed by atoms with Gasteiger partial charge < -0.3 is 15.5 Å². The van der Waals surface area contributed by atoms with Crippen molar-refractivity contribution in [3.05, 3.63) is 0 Å². The molecule has 1 saturated heterocycles. The second-order valence-corrected chi connectivity index (χ2v) is 5.11. The molecule has 2 unspecified atom stereocenters. The molecule has 0 aliphatic carbocycles. The average molecular weight is 241 g/mol. The summed E-state index contributed by atoms with van der Waals surface area (Å²) in [7, 11) is 2.17. The minimum atomic E-state index is -0.0741. The fourth-order valence-electron chi connectivity index (χ4n) is 2.24. The Labute approximate surface area is 105 Å². The molecule has 0 spiro atoms. The molecule has 0 aromatic carbocycles. The van der Waals surface area contributed by atoms with Crippen LogP contribution in [-0.4, -0.2) is 49.6 Å². The van der Waals surface area contributed by atoms with E-state index in [0.29, 0.717) is 6.04 Å². The zero-order chi connectivity index (χ0) is 12.7. The first-order valence-corrected chi connectivity index (χ1v) is 6.85. The fraction of sp³-hybridized carbons (Fsp3) is 0.923. The first-order chi connectivity index (χ1) is 8.13. The van der Waals surface area contributed by atoms with Gasteiger partial charge in [0.2, 0.25) is 5.91 Å². The average Bonchev–Trinajstić information content (AvgIpc) is 2.51. The van der Waals surface area contributed by atoms with Gasteiger partial charge in [0.25, 0.3) is 0 Å². The maximum absolute atomic E-state index is 11.7. The third-order valence-corrected chi connectivity index (χ3v) is 3.38. The summed E-state index contributed by atoms with van der Waals surface area (Å²) >= 11 is 0. The first kappa shape index (κ1) is 14.5. The number of hydrogen-bond donors (Lipinski definition) is 2. The molecular weight excluding hydrogens is 214 g/mol. The monoisotopic (exact) mass is 241 g/mol. The van der Waals surface area contributed by atoms with Gasteiger partial charge >= 0.3 is 0 Å². The largest absolute Gasteiger partial charge is 0.355 e. The van der Waals surface area contributed by atoms with Gasteiger partial charge in [-0.3, -0.25) is 4.79 Å². The third kappa shape index (κ3) is 5.50. The summed E-state index contributed by atoms with van der Waals surface area (Å²) in [5, 5.41) is 6.38. The molecule has 100 valence electrons. The molecule has 1 aliphatic heterocycles. The number of amides is 1. The molecule has 1 fully saturated rings. The van der Waals surface area contributed by atoms with Gasteiger partial charge in [-0.2, -0.15) is 0 Å². The molecule has 17 heavy (non-hydrogen) atoms. The van der Waals surface area contributed by atoms with Crippen LogP contribution in [0, 0.1) is 0 Å². The van der Waals surface area contributed by atoms with Crippen molar-refractivity contribution in [2.45, 2.75) is 51.6 Å². The zero-order valence-corrected chi connectivity index (χ0v) is 11.5. The van der Waals surface area contributed by atoms with Gasteiger partial charge in [0, 0.05) is 12.6 Å². The van der Waals surface area contributed by atoms with Crippen LogP contribution < -0.4 is 10.6 Å². The zero-order valence-electron chi connectivity index (χ0n) is 11.5. The Bertz CT molecular complexity index is 233. The number of nitrogens with one attached hydrogen (secondary N) is 2. The van der Waals surface area contributed by atoms with Crippen LogP contribution in [0.2, 0.25) is 0 Å². The van der Waals surface area contributed by atoms with Gasteiger partial charge in [0.1, 0.15) is 0 Å². The molecule has 2 atom stereocenters. The normalized spacial score (nSPS) is 24.1. The predicted octanol–water partition coefficient (Wildman–Crippen LogP) is 0.975. The van der Waals surface area contributed by atoms with Crippen LogP contribution in [0.5, 0.6) is 0 Å². The number of rotatable bonds is 5.